The molecule has 0 spiro atoms. The number of nitrogens with zero attached hydrogens (tertiary/aromatic N) is 1. The molecule has 1 aromatic rings. The average Bonchev–Trinajstić information content (AvgIpc) is 3.06. The van der Waals surface area contributed by atoms with Gasteiger partial charge in [0.2, 0.25) is 5.91 Å². The fourth-order valence-electron chi connectivity index (χ4n) is 3.02. The summed E-state index contributed by atoms with van der Waals surface area (Å²) in [7, 11) is 0. The Bertz CT molecular complexity index is 425. The molecule has 0 aliphatic carbocycles. The summed E-state index contributed by atoms with van der Waals surface area (Å²) in [6.45, 7) is 8.75. The van der Waals surface area contributed by atoms with E-state index in [1.165, 1.54) is 5.56 Å². The molecule has 4 nitrogen and oxygen atoms in total. The number of benzene rings is 1. The molecular formula is C17H27N3O. The molecule has 2 N–H and O–H groups in total. The standard InChI is InChI=1S/C17H27N3O/c1-3-20(4-2)16(14-8-6-5-7-9-14)13-19-17(21)15-10-11-18-12-15/h5-9,15-16,18H,3-4,10-13H2,1-2H3,(H,19,21). The van der Waals surface area contributed by atoms with Crippen molar-refractivity contribution >= 4 is 5.91 Å². The summed E-state index contributed by atoms with van der Waals surface area (Å²) in [5.41, 5.74) is 1.27. The van der Waals surface area contributed by atoms with Crippen LogP contribution in [0.15, 0.2) is 30.3 Å². The summed E-state index contributed by atoms with van der Waals surface area (Å²) in [4.78, 5) is 14.6. The third kappa shape index (κ3) is 4.29. The van der Waals surface area contributed by atoms with Crippen LogP contribution < -0.4 is 10.6 Å². The zero-order valence-corrected chi connectivity index (χ0v) is 13.1. The van der Waals surface area contributed by atoms with E-state index >= 15 is 0 Å². The third-order valence-electron chi connectivity index (χ3n) is 4.34. The van der Waals surface area contributed by atoms with E-state index in [1.54, 1.807) is 0 Å². The molecule has 21 heavy (non-hydrogen) atoms. The number of amides is 1. The van der Waals surface area contributed by atoms with Crippen molar-refractivity contribution in [3.63, 3.8) is 0 Å². The minimum absolute atomic E-state index is 0.137. The molecule has 2 atom stereocenters. The highest BCUT2D eigenvalue weighted by Gasteiger charge is 2.24. The van der Waals surface area contributed by atoms with Crippen LogP contribution in [-0.2, 0) is 4.79 Å². The lowest BCUT2D eigenvalue weighted by Crippen LogP contribution is -2.40. The Labute approximate surface area is 127 Å². The third-order valence-corrected chi connectivity index (χ3v) is 4.34. The number of hydrogen-bond acceptors (Lipinski definition) is 3. The van der Waals surface area contributed by atoms with Gasteiger partial charge in [0.25, 0.3) is 0 Å². The Morgan fingerprint density at radius 3 is 2.62 bits per heavy atom. The van der Waals surface area contributed by atoms with E-state index in [0.29, 0.717) is 6.54 Å². The molecule has 1 aliphatic rings. The van der Waals surface area contributed by atoms with Crippen molar-refractivity contribution in [2.24, 2.45) is 5.92 Å². The zero-order chi connectivity index (χ0) is 15.1. The number of rotatable bonds is 7. The fraction of sp³-hybridized carbons (Fsp3) is 0.588. The van der Waals surface area contributed by atoms with E-state index in [0.717, 1.165) is 32.6 Å². The second kappa shape index (κ2) is 8.15. The average molecular weight is 289 g/mol. The maximum absolute atomic E-state index is 12.2. The van der Waals surface area contributed by atoms with Gasteiger partial charge in [-0.2, -0.15) is 0 Å². The van der Waals surface area contributed by atoms with Crippen LogP contribution in [0, 0.1) is 5.92 Å². The van der Waals surface area contributed by atoms with E-state index in [1.807, 2.05) is 6.07 Å². The second-order valence-corrected chi connectivity index (χ2v) is 5.58. The first-order valence-corrected chi connectivity index (χ1v) is 8.03. The van der Waals surface area contributed by atoms with Gasteiger partial charge in [-0.25, -0.2) is 0 Å². The first-order valence-electron chi connectivity index (χ1n) is 8.03. The van der Waals surface area contributed by atoms with Crippen LogP contribution in [0.5, 0.6) is 0 Å². The molecule has 0 saturated carbocycles. The number of carbonyl (C=O) groups is 1. The highest BCUT2D eigenvalue weighted by atomic mass is 16.1. The molecule has 0 aromatic heterocycles. The van der Waals surface area contributed by atoms with Gasteiger partial charge in [-0.1, -0.05) is 44.2 Å². The van der Waals surface area contributed by atoms with Crippen molar-refractivity contribution in [1.29, 1.82) is 0 Å². The predicted octanol–water partition coefficient (Wildman–Crippen LogP) is 1.80. The van der Waals surface area contributed by atoms with Crippen molar-refractivity contribution in [2.75, 3.05) is 32.7 Å². The maximum atomic E-state index is 12.2. The summed E-state index contributed by atoms with van der Waals surface area (Å²) in [5, 5.41) is 6.40. The molecule has 116 valence electrons. The van der Waals surface area contributed by atoms with Gasteiger partial charge >= 0.3 is 0 Å². The van der Waals surface area contributed by atoms with Gasteiger partial charge in [0.1, 0.15) is 0 Å². The molecule has 1 fully saturated rings. The van der Waals surface area contributed by atoms with E-state index < -0.39 is 0 Å². The molecule has 1 aromatic carbocycles. The fourth-order valence-corrected chi connectivity index (χ4v) is 3.02. The molecule has 1 heterocycles. The smallest absolute Gasteiger partial charge is 0.224 e. The van der Waals surface area contributed by atoms with Crippen LogP contribution in [-0.4, -0.2) is 43.5 Å². The van der Waals surface area contributed by atoms with E-state index in [2.05, 4.69) is 53.6 Å². The maximum Gasteiger partial charge on any atom is 0.224 e. The van der Waals surface area contributed by atoms with Crippen LogP contribution in [0.3, 0.4) is 0 Å². The molecule has 0 bridgehead atoms. The van der Waals surface area contributed by atoms with Crippen molar-refractivity contribution in [3.05, 3.63) is 35.9 Å². The van der Waals surface area contributed by atoms with E-state index in [4.69, 9.17) is 0 Å². The summed E-state index contributed by atoms with van der Waals surface area (Å²) in [5.74, 6) is 0.325. The Balaban J connectivity index is 2.00. The minimum atomic E-state index is 0.137. The first kappa shape index (κ1) is 16.0. The Morgan fingerprint density at radius 2 is 2.05 bits per heavy atom. The minimum Gasteiger partial charge on any atom is -0.354 e. The van der Waals surface area contributed by atoms with E-state index in [9.17, 15) is 4.79 Å². The summed E-state index contributed by atoms with van der Waals surface area (Å²) in [6, 6.07) is 10.7. The number of hydrogen-bond donors (Lipinski definition) is 2. The summed E-state index contributed by atoms with van der Waals surface area (Å²) >= 11 is 0. The highest BCUT2D eigenvalue weighted by molar-refractivity contribution is 5.79. The Morgan fingerprint density at radius 1 is 1.33 bits per heavy atom. The molecule has 1 saturated heterocycles. The van der Waals surface area contributed by atoms with Crippen molar-refractivity contribution in [3.8, 4) is 0 Å². The predicted molar refractivity (Wildman–Crippen MR) is 86.1 cm³/mol. The molecule has 0 radical (unpaired) electrons. The van der Waals surface area contributed by atoms with Gasteiger partial charge in [-0.05, 0) is 31.6 Å². The molecule has 2 rings (SSSR count). The lowest BCUT2D eigenvalue weighted by molar-refractivity contribution is -0.124. The van der Waals surface area contributed by atoms with Crippen LogP contribution in [0.2, 0.25) is 0 Å². The Kier molecular flexibility index (Phi) is 6.21. The van der Waals surface area contributed by atoms with Gasteiger partial charge in [0.15, 0.2) is 0 Å². The van der Waals surface area contributed by atoms with Gasteiger partial charge in [0, 0.05) is 13.1 Å². The monoisotopic (exact) mass is 289 g/mol. The lowest BCUT2D eigenvalue weighted by Gasteiger charge is -2.30. The molecule has 1 aliphatic heterocycles. The van der Waals surface area contributed by atoms with Gasteiger partial charge in [-0.15, -0.1) is 0 Å². The quantitative estimate of drug-likeness (QED) is 0.804. The van der Waals surface area contributed by atoms with Crippen LogP contribution in [0.25, 0.3) is 0 Å². The molecular weight excluding hydrogens is 262 g/mol. The van der Waals surface area contributed by atoms with Crippen LogP contribution in [0.4, 0.5) is 0 Å². The zero-order valence-electron chi connectivity index (χ0n) is 13.1. The Hall–Kier alpha value is -1.39. The number of carbonyl (C=O) groups excluding carboxylic acids is 1. The largest absolute Gasteiger partial charge is 0.354 e. The summed E-state index contributed by atoms with van der Waals surface area (Å²) in [6.07, 6.45) is 0.951. The first-order chi connectivity index (χ1) is 10.3. The van der Waals surface area contributed by atoms with Gasteiger partial charge < -0.3 is 10.6 Å². The van der Waals surface area contributed by atoms with Gasteiger partial charge in [0.05, 0.1) is 12.0 Å². The second-order valence-electron chi connectivity index (χ2n) is 5.58. The highest BCUT2D eigenvalue weighted by Crippen LogP contribution is 2.19. The van der Waals surface area contributed by atoms with Crippen LogP contribution in [0.1, 0.15) is 31.9 Å². The SMILES string of the molecule is CCN(CC)C(CNC(=O)C1CCNC1)c1ccccc1. The number of likely N-dealkylation sites (N-methyl/N-ethyl adjacent to an activating group) is 1. The summed E-state index contributed by atoms with van der Waals surface area (Å²) < 4.78 is 0. The molecule has 4 heteroatoms. The van der Waals surface area contributed by atoms with Crippen molar-refractivity contribution in [1.82, 2.24) is 15.5 Å². The van der Waals surface area contributed by atoms with Crippen LogP contribution >= 0.6 is 0 Å². The topological polar surface area (TPSA) is 44.4 Å². The van der Waals surface area contributed by atoms with Gasteiger partial charge in [-0.3, -0.25) is 9.69 Å². The molecule has 1 amide bonds. The van der Waals surface area contributed by atoms with Crippen molar-refractivity contribution < 1.29 is 4.79 Å². The van der Waals surface area contributed by atoms with E-state index in [-0.39, 0.29) is 17.9 Å². The normalized spacial score (nSPS) is 19.7. The van der Waals surface area contributed by atoms with Crippen molar-refractivity contribution in [2.45, 2.75) is 26.3 Å². The molecule has 2 unspecified atom stereocenters. The lowest BCUT2D eigenvalue weighted by atomic mass is 10.0. The number of nitrogens with one attached hydrogen (secondary N) is 2.